The van der Waals surface area contributed by atoms with Crippen molar-refractivity contribution in [3.8, 4) is 11.1 Å². The molecule has 7 heteroatoms. The van der Waals surface area contributed by atoms with Crippen molar-refractivity contribution < 1.29 is 9.53 Å². The van der Waals surface area contributed by atoms with Crippen LogP contribution in [0.5, 0.6) is 0 Å². The molecule has 1 atom stereocenters. The van der Waals surface area contributed by atoms with Crippen LogP contribution in [0.15, 0.2) is 35.7 Å². The zero-order chi connectivity index (χ0) is 17.6. The monoisotopic (exact) mass is 375 g/mol. The Kier molecular flexibility index (Phi) is 6.01. The number of hydrazine groups is 1. The van der Waals surface area contributed by atoms with Crippen LogP contribution in [0.1, 0.15) is 28.1 Å². The van der Waals surface area contributed by atoms with Crippen LogP contribution < -0.4 is 16.2 Å². The molecular formula is C18H21N3O2S2. The first-order valence-electron chi connectivity index (χ1n) is 8.24. The number of hydrogen-bond donors (Lipinski definition) is 3. The number of ether oxygens (including phenoxy) is 1. The number of amides is 1. The number of nitrogens with one attached hydrogen (secondary N) is 3. The van der Waals surface area contributed by atoms with E-state index in [0.717, 1.165) is 35.5 Å². The van der Waals surface area contributed by atoms with Crippen molar-refractivity contribution in [3.05, 3.63) is 46.2 Å². The van der Waals surface area contributed by atoms with Crippen LogP contribution in [0.4, 0.5) is 0 Å². The second kappa shape index (κ2) is 8.42. The minimum atomic E-state index is -0.204. The molecule has 5 nitrogen and oxygen atoms in total. The molecule has 25 heavy (non-hydrogen) atoms. The van der Waals surface area contributed by atoms with E-state index in [1.165, 1.54) is 0 Å². The molecule has 1 fully saturated rings. The Morgan fingerprint density at radius 1 is 1.32 bits per heavy atom. The lowest BCUT2D eigenvalue weighted by molar-refractivity contribution is 0.0944. The summed E-state index contributed by atoms with van der Waals surface area (Å²) in [6.07, 6.45) is 2.32. The molecule has 1 aliphatic rings. The standard InChI is InChI=1S/C18H21N3O2S2/c1-12-16(13-6-3-2-4-7-13)15(11-25-12)17(22)20-21-18(24)19-10-14-8-5-9-23-14/h2-4,6-7,11,14H,5,8-10H2,1H3,(H,20,22)(H2,19,21,24)/t14-/m0/s1. The van der Waals surface area contributed by atoms with E-state index in [1.54, 1.807) is 11.3 Å². The molecule has 2 aromatic rings. The Morgan fingerprint density at radius 2 is 2.12 bits per heavy atom. The van der Waals surface area contributed by atoms with Crippen molar-refractivity contribution in [2.24, 2.45) is 0 Å². The highest BCUT2D eigenvalue weighted by Crippen LogP contribution is 2.32. The smallest absolute Gasteiger partial charge is 0.271 e. The van der Waals surface area contributed by atoms with Gasteiger partial charge in [0.15, 0.2) is 5.11 Å². The average molecular weight is 376 g/mol. The fraction of sp³-hybridized carbons (Fsp3) is 0.333. The van der Waals surface area contributed by atoms with Gasteiger partial charge in [0.25, 0.3) is 5.91 Å². The van der Waals surface area contributed by atoms with Gasteiger partial charge in [0.2, 0.25) is 0 Å². The molecule has 0 unspecified atom stereocenters. The quantitative estimate of drug-likeness (QED) is 0.566. The molecule has 1 aliphatic heterocycles. The zero-order valence-electron chi connectivity index (χ0n) is 14.0. The first-order valence-corrected chi connectivity index (χ1v) is 9.53. The lowest BCUT2D eigenvalue weighted by Gasteiger charge is -2.14. The van der Waals surface area contributed by atoms with Crippen molar-refractivity contribution in [3.63, 3.8) is 0 Å². The summed E-state index contributed by atoms with van der Waals surface area (Å²) in [6.45, 7) is 3.47. The van der Waals surface area contributed by atoms with Gasteiger partial charge in [-0.05, 0) is 37.5 Å². The predicted octanol–water partition coefficient (Wildman–Crippen LogP) is 3.01. The van der Waals surface area contributed by atoms with E-state index in [9.17, 15) is 4.79 Å². The number of benzene rings is 1. The Balaban J connectivity index is 1.57. The van der Waals surface area contributed by atoms with E-state index < -0.39 is 0 Å². The first-order chi connectivity index (χ1) is 12.1. The molecule has 132 valence electrons. The number of carbonyl (C=O) groups excluding carboxylic acids is 1. The maximum Gasteiger partial charge on any atom is 0.271 e. The summed E-state index contributed by atoms with van der Waals surface area (Å²) in [7, 11) is 0. The SMILES string of the molecule is Cc1scc(C(=O)NNC(=S)NC[C@@H]2CCCO2)c1-c1ccccc1. The lowest BCUT2D eigenvalue weighted by atomic mass is 10.0. The maximum absolute atomic E-state index is 12.5. The summed E-state index contributed by atoms with van der Waals surface area (Å²) in [5.74, 6) is -0.204. The van der Waals surface area contributed by atoms with Gasteiger partial charge < -0.3 is 10.1 Å². The van der Waals surface area contributed by atoms with Gasteiger partial charge in [0.05, 0.1) is 11.7 Å². The minimum Gasteiger partial charge on any atom is -0.376 e. The van der Waals surface area contributed by atoms with Crippen molar-refractivity contribution in [1.82, 2.24) is 16.2 Å². The molecule has 1 aromatic carbocycles. The van der Waals surface area contributed by atoms with Gasteiger partial charge in [0, 0.05) is 29.0 Å². The van der Waals surface area contributed by atoms with Gasteiger partial charge >= 0.3 is 0 Å². The minimum absolute atomic E-state index is 0.194. The number of aryl methyl sites for hydroxylation is 1. The van der Waals surface area contributed by atoms with E-state index in [4.69, 9.17) is 17.0 Å². The third-order valence-corrected chi connectivity index (χ3v) is 5.24. The molecule has 0 aliphatic carbocycles. The van der Waals surface area contributed by atoms with Crippen molar-refractivity contribution in [2.75, 3.05) is 13.2 Å². The van der Waals surface area contributed by atoms with Crippen LogP contribution in [-0.4, -0.2) is 30.3 Å². The molecule has 1 aromatic heterocycles. The summed E-state index contributed by atoms with van der Waals surface area (Å²) in [5.41, 5.74) is 8.07. The molecule has 2 heterocycles. The van der Waals surface area contributed by atoms with E-state index in [0.29, 0.717) is 17.2 Å². The van der Waals surface area contributed by atoms with Crippen molar-refractivity contribution in [2.45, 2.75) is 25.9 Å². The highest BCUT2D eigenvalue weighted by molar-refractivity contribution is 7.80. The molecule has 0 bridgehead atoms. The third kappa shape index (κ3) is 4.56. The Hall–Kier alpha value is -1.96. The van der Waals surface area contributed by atoms with E-state index in [-0.39, 0.29) is 12.0 Å². The van der Waals surface area contributed by atoms with Gasteiger partial charge in [0.1, 0.15) is 0 Å². The Labute approximate surface area is 156 Å². The molecule has 0 radical (unpaired) electrons. The number of hydrogen-bond acceptors (Lipinski definition) is 4. The van der Waals surface area contributed by atoms with Crippen molar-refractivity contribution in [1.29, 1.82) is 0 Å². The number of thiocarbonyl (C=S) groups is 1. The number of carbonyl (C=O) groups is 1. The summed E-state index contributed by atoms with van der Waals surface area (Å²) < 4.78 is 5.53. The molecule has 0 spiro atoms. The largest absolute Gasteiger partial charge is 0.376 e. The van der Waals surface area contributed by atoms with Crippen molar-refractivity contribution >= 4 is 34.6 Å². The van der Waals surface area contributed by atoms with Crippen LogP contribution in [0.3, 0.4) is 0 Å². The van der Waals surface area contributed by atoms with Crippen LogP contribution in [0, 0.1) is 6.92 Å². The normalized spacial score (nSPS) is 16.4. The van der Waals surface area contributed by atoms with Crippen LogP contribution >= 0.6 is 23.6 Å². The highest BCUT2D eigenvalue weighted by atomic mass is 32.1. The van der Waals surface area contributed by atoms with E-state index in [1.807, 2.05) is 42.6 Å². The molecular weight excluding hydrogens is 354 g/mol. The van der Waals surface area contributed by atoms with Gasteiger partial charge in [-0.3, -0.25) is 15.6 Å². The molecule has 3 N–H and O–H groups in total. The van der Waals surface area contributed by atoms with Gasteiger partial charge in [-0.1, -0.05) is 30.3 Å². The second-order valence-corrected chi connectivity index (χ2v) is 7.36. The van der Waals surface area contributed by atoms with Crippen LogP contribution in [0.25, 0.3) is 11.1 Å². The highest BCUT2D eigenvalue weighted by Gasteiger charge is 2.18. The summed E-state index contributed by atoms with van der Waals surface area (Å²) in [4.78, 5) is 13.6. The summed E-state index contributed by atoms with van der Waals surface area (Å²) in [6, 6.07) is 9.91. The maximum atomic E-state index is 12.5. The predicted molar refractivity (Wildman–Crippen MR) is 105 cm³/mol. The molecule has 1 saturated heterocycles. The second-order valence-electron chi connectivity index (χ2n) is 5.87. The van der Waals surface area contributed by atoms with Gasteiger partial charge in [-0.25, -0.2) is 0 Å². The van der Waals surface area contributed by atoms with Crippen LogP contribution in [0.2, 0.25) is 0 Å². The Bertz CT molecular complexity index is 740. The number of thiophene rings is 1. The Morgan fingerprint density at radius 3 is 2.84 bits per heavy atom. The average Bonchev–Trinajstić information content (AvgIpc) is 3.28. The van der Waals surface area contributed by atoms with E-state index in [2.05, 4.69) is 16.2 Å². The fourth-order valence-corrected chi connectivity index (χ4v) is 3.82. The molecule has 3 rings (SSSR count). The molecule has 0 saturated carbocycles. The number of rotatable bonds is 4. The summed E-state index contributed by atoms with van der Waals surface area (Å²) in [5, 5.41) is 5.32. The third-order valence-electron chi connectivity index (χ3n) is 4.09. The lowest BCUT2D eigenvalue weighted by Crippen LogP contribution is -2.48. The van der Waals surface area contributed by atoms with E-state index >= 15 is 0 Å². The molecule has 1 amide bonds. The van der Waals surface area contributed by atoms with Gasteiger partial charge in [-0.2, -0.15) is 0 Å². The summed E-state index contributed by atoms with van der Waals surface area (Å²) >= 11 is 6.76. The van der Waals surface area contributed by atoms with Crippen LogP contribution in [-0.2, 0) is 4.74 Å². The van der Waals surface area contributed by atoms with Gasteiger partial charge in [-0.15, -0.1) is 11.3 Å². The fourth-order valence-electron chi connectivity index (χ4n) is 2.82. The first kappa shape index (κ1) is 17.8. The zero-order valence-corrected chi connectivity index (χ0v) is 15.6. The topological polar surface area (TPSA) is 62.4 Å².